The number of aliphatic hydroxyl groups is 1. The second-order valence-corrected chi connectivity index (χ2v) is 4.76. The molecule has 2 atom stereocenters. The molecule has 0 spiro atoms. The van der Waals surface area contributed by atoms with Crippen molar-refractivity contribution in [1.29, 1.82) is 0 Å². The lowest BCUT2D eigenvalue weighted by molar-refractivity contribution is -0.143. The van der Waals surface area contributed by atoms with Gasteiger partial charge in [0.1, 0.15) is 0 Å². The number of benzene rings is 1. The van der Waals surface area contributed by atoms with E-state index in [-0.39, 0.29) is 11.9 Å². The Kier molecular flexibility index (Phi) is 6.30. The van der Waals surface area contributed by atoms with Crippen LogP contribution in [-0.2, 0) is 16.0 Å². The van der Waals surface area contributed by atoms with Crippen LogP contribution in [-0.4, -0.2) is 24.3 Å². The number of carbonyl (C=O) groups is 1. The van der Waals surface area contributed by atoms with Crippen LogP contribution < -0.4 is 0 Å². The highest BCUT2D eigenvalue weighted by molar-refractivity contribution is 5.73. The maximum atomic E-state index is 11.3. The Labute approximate surface area is 114 Å². The van der Waals surface area contributed by atoms with Gasteiger partial charge in [0.15, 0.2) is 0 Å². The van der Waals surface area contributed by atoms with E-state index in [0.29, 0.717) is 6.42 Å². The molecule has 3 nitrogen and oxygen atoms in total. The van der Waals surface area contributed by atoms with E-state index in [1.165, 1.54) is 12.7 Å². The molecule has 19 heavy (non-hydrogen) atoms. The molecule has 0 saturated carbocycles. The molecular weight excluding hydrogens is 240 g/mol. The van der Waals surface area contributed by atoms with Gasteiger partial charge < -0.3 is 9.84 Å². The van der Waals surface area contributed by atoms with E-state index in [4.69, 9.17) is 0 Å². The number of hydrogen-bond acceptors (Lipinski definition) is 3. The molecule has 0 radical (unpaired) electrons. The molecule has 0 aromatic heterocycles. The highest BCUT2D eigenvalue weighted by atomic mass is 16.5. The SMILES string of the molecule is COC(=O)[C@@H](C)/C=C(\C)[C@H](O)CCc1ccccc1. The summed E-state index contributed by atoms with van der Waals surface area (Å²) < 4.78 is 4.66. The standard InChI is InChI=1S/C16H22O3/c1-12(11-13(2)16(18)19-3)15(17)10-9-14-7-5-4-6-8-14/h4-8,11,13,15,17H,9-10H2,1-3H3/b12-11+/t13-,15+/m0/s1. The molecule has 3 heteroatoms. The third kappa shape index (κ3) is 5.26. The summed E-state index contributed by atoms with van der Waals surface area (Å²) in [5.41, 5.74) is 2.02. The lowest BCUT2D eigenvalue weighted by atomic mass is 9.99. The Balaban J connectivity index is 2.51. The van der Waals surface area contributed by atoms with E-state index in [2.05, 4.69) is 4.74 Å². The van der Waals surface area contributed by atoms with Gasteiger partial charge in [0.25, 0.3) is 0 Å². The fraction of sp³-hybridized carbons (Fsp3) is 0.438. The van der Waals surface area contributed by atoms with Gasteiger partial charge >= 0.3 is 5.97 Å². The molecule has 1 aromatic rings. The largest absolute Gasteiger partial charge is 0.469 e. The molecule has 0 unspecified atom stereocenters. The predicted molar refractivity (Wildman–Crippen MR) is 75.7 cm³/mol. The Morgan fingerprint density at radius 1 is 1.37 bits per heavy atom. The van der Waals surface area contributed by atoms with Gasteiger partial charge in [0.05, 0.1) is 19.1 Å². The number of aliphatic hydroxyl groups excluding tert-OH is 1. The summed E-state index contributed by atoms with van der Waals surface area (Å²) in [6, 6.07) is 10.0. The smallest absolute Gasteiger partial charge is 0.312 e. The average Bonchev–Trinajstić information content (AvgIpc) is 2.44. The van der Waals surface area contributed by atoms with Crippen molar-refractivity contribution in [1.82, 2.24) is 0 Å². The molecule has 0 aliphatic rings. The van der Waals surface area contributed by atoms with Gasteiger partial charge in [-0.15, -0.1) is 0 Å². The first-order chi connectivity index (χ1) is 9.04. The van der Waals surface area contributed by atoms with Gasteiger partial charge in [-0.25, -0.2) is 0 Å². The molecule has 1 aromatic carbocycles. The Morgan fingerprint density at radius 3 is 2.58 bits per heavy atom. The summed E-state index contributed by atoms with van der Waals surface area (Å²) >= 11 is 0. The summed E-state index contributed by atoms with van der Waals surface area (Å²) in [6.45, 7) is 3.61. The quantitative estimate of drug-likeness (QED) is 0.633. The Bertz CT molecular complexity index is 423. The average molecular weight is 262 g/mol. The maximum Gasteiger partial charge on any atom is 0.312 e. The second-order valence-electron chi connectivity index (χ2n) is 4.76. The monoisotopic (exact) mass is 262 g/mol. The number of methoxy groups -OCH3 is 1. The summed E-state index contributed by atoms with van der Waals surface area (Å²) in [6.07, 6.45) is 2.72. The molecule has 1 rings (SSSR count). The molecule has 0 aliphatic carbocycles. The minimum atomic E-state index is -0.521. The van der Waals surface area contributed by atoms with Crippen molar-refractivity contribution in [2.24, 2.45) is 5.92 Å². The van der Waals surface area contributed by atoms with Crippen LogP contribution in [0.1, 0.15) is 25.8 Å². The van der Waals surface area contributed by atoms with Gasteiger partial charge in [0, 0.05) is 0 Å². The molecule has 0 heterocycles. The molecule has 0 aliphatic heterocycles. The van der Waals surface area contributed by atoms with Gasteiger partial charge in [0.2, 0.25) is 0 Å². The van der Waals surface area contributed by atoms with Crippen LogP contribution in [0.15, 0.2) is 42.0 Å². The van der Waals surface area contributed by atoms with Crippen molar-refractivity contribution >= 4 is 5.97 Å². The predicted octanol–water partition coefficient (Wildman–Crippen LogP) is 2.74. The third-order valence-corrected chi connectivity index (χ3v) is 3.16. The fourth-order valence-corrected chi connectivity index (χ4v) is 1.94. The van der Waals surface area contributed by atoms with Gasteiger partial charge in [-0.2, -0.15) is 0 Å². The van der Waals surface area contributed by atoms with E-state index in [0.717, 1.165) is 12.0 Å². The second kappa shape index (κ2) is 7.74. The Hall–Kier alpha value is -1.61. The molecule has 0 saturated heterocycles. The first-order valence-electron chi connectivity index (χ1n) is 6.52. The number of esters is 1. The van der Waals surface area contributed by atoms with Crippen LogP contribution >= 0.6 is 0 Å². The normalized spacial score (nSPS) is 14.8. The van der Waals surface area contributed by atoms with Crippen molar-refractivity contribution in [2.45, 2.75) is 32.8 Å². The molecule has 0 fully saturated rings. The summed E-state index contributed by atoms with van der Waals surface area (Å²) in [5.74, 6) is -0.606. The molecule has 1 N–H and O–H groups in total. The van der Waals surface area contributed by atoms with E-state index in [1.807, 2.05) is 37.3 Å². The highest BCUT2D eigenvalue weighted by Gasteiger charge is 2.13. The molecular formula is C16H22O3. The third-order valence-electron chi connectivity index (χ3n) is 3.16. The van der Waals surface area contributed by atoms with Crippen LogP contribution in [0.3, 0.4) is 0 Å². The number of rotatable bonds is 6. The van der Waals surface area contributed by atoms with Crippen molar-refractivity contribution in [3.8, 4) is 0 Å². The van der Waals surface area contributed by atoms with Crippen LogP contribution in [0.25, 0.3) is 0 Å². The fourth-order valence-electron chi connectivity index (χ4n) is 1.94. The molecule has 0 amide bonds. The van der Waals surface area contributed by atoms with Gasteiger partial charge in [-0.05, 0) is 37.8 Å². The van der Waals surface area contributed by atoms with Crippen LogP contribution in [0.2, 0.25) is 0 Å². The van der Waals surface area contributed by atoms with Crippen molar-refractivity contribution in [2.75, 3.05) is 7.11 Å². The van der Waals surface area contributed by atoms with E-state index in [1.54, 1.807) is 13.0 Å². The van der Waals surface area contributed by atoms with Crippen LogP contribution in [0.5, 0.6) is 0 Å². The number of carbonyl (C=O) groups excluding carboxylic acids is 1. The van der Waals surface area contributed by atoms with Crippen LogP contribution in [0.4, 0.5) is 0 Å². The first-order valence-corrected chi connectivity index (χ1v) is 6.52. The number of hydrogen-bond donors (Lipinski definition) is 1. The summed E-state index contributed by atoms with van der Waals surface area (Å²) in [7, 11) is 1.37. The lowest BCUT2D eigenvalue weighted by Crippen LogP contribution is -2.15. The number of aryl methyl sites for hydroxylation is 1. The zero-order valence-corrected chi connectivity index (χ0v) is 11.8. The van der Waals surface area contributed by atoms with Crippen molar-refractivity contribution in [3.05, 3.63) is 47.5 Å². The van der Waals surface area contributed by atoms with E-state index in [9.17, 15) is 9.90 Å². The molecule has 0 bridgehead atoms. The Morgan fingerprint density at radius 2 is 2.00 bits per heavy atom. The maximum absolute atomic E-state index is 11.3. The zero-order chi connectivity index (χ0) is 14.3. The summed E-state index contributed by atoms with van der Waals surface area (Å²) in [4.78, 5) is 11.3. The summed E-state index contributed by atoms with van der Waals surface area (Å²) in [5, 5.41) is 10.1. The number of ether oxygens (including phenoxy) is 1. The van der Waals surface area contributed by atoms with Crippen molar-refractivity contribution < 1.29 is 14.6 Å². The van der Waals surface area contributed by atoms with Crippen molar-refractivity contribution in [3.63, 3.8) is 0 Å². The first kappa shape index (κ1) is 15.4. The van der Waals surface area contributed by atoms with Crippen LogP contribution in [0, 0.1) is 5.92 Å². The van der Waals surface area contributed by atoms with Gasteiger partial charge in [-0.1, -0.05) is 36.4 Å². The minimum absolute atomic E-state index is 0.283. The highest BCUT2D eigenvalue weighted by Crippen LogP contribution is 2.13. The molecule has 104 valence electrons. The van der Waals surface area contributed by atoms with Gasteiger partial charge in [-0.3, -0.25) is 4.79 Å². The minimum Gasteiger partial charge on any atom is -0.469 e. The topological polar surface area (TPSA) is 46.5 Å². The lowest BCUT2D eigenvalue weighted by Gasteiger charge is -2.13. The zero-order valence-electron chi connectivity index (χ0n) is 11.8. The van der Waals surface area contributed by atoms with E-state index >= 15 is 0 Å². The van der Waals surface area contributed by atoms with E-state index < -0.39 is 6.10 Å².